The van der Waals surface area contributed by atoms with Crippen LogP contribution < -0.4 is 10.6 Å². The van der Waals surface area contributed by atoms with E-state index in [0.717, 1.165) is 13.0 Å². The van der Waals surface area contributed by atoms with Gasteiger partial charge in [0, 0.05) is 12.7 Å². The molecular formula is C10H13N3O3S. The molecule has 2 heterocycles. The maximum Gasteiger partial charge on any atom is 0.229 e. The van der Waals surface area contributed by atoms with E-state index in [0.29, 0.717) is 12.4 Å². The highest BCUT2D eigenvalue weighted by Crippen LogP contribution is 2.12. The van der Waals surface area contributed by atoms with Crippen LogP contribution in [0.4, 0.5) is 5.82 Å². The molecule has 0 spiro atoms. The smallest absolute Gasteiger partial charge is 0.229 e. The van der Waals surface area contributed by atoms with Crippen LogP contribution in [-0.4, -0.2) is 32.4 Å². The lowest BCUT2D eigenvalue weighted by atomic mass is 10.1. The summed E-state index contributed by atoms with van der Waals surface area (Å²) in [5.41, 5.74) is 0. The maximum atomic E-state index is 11.7. The number of anilines is 1. The molecule has 0 unspecified atom stereocenters. The van der Waals surface area contributed by atoms with Crippen LogP contribution in [0.3, 0.4) is 0 Å². The summed E-state index contributed by atoms with van der Waals surface area (Å²) >= 11 is 0. The molecule has 1 amide bonds. The summed E-state index contributed by atoms with van der Waals surface area (Å²) in [4.78, 5) is 15.7. The Morgan fingerprint density at radius 2 is 2.29 bits per heavy atom. The number of hydrogen-bond acceptors (Lipinski definition) is 5. The summed E-state index contributed by atoms with van der Waals surface area (Å²) in [5, 5.41) is 5.76. The lowest BCUT2D eigenvalue weighted by molar-refractivity contribution is -0.119. The molecule has 0 aliphatic carbocycles. The molecule has 17 heavy (non-hydrogen) atoms. The largest absolute Gasteiger partial charge is 0.316 e. The van der Waals surface area contributed by atoms with E-state index in [1.54, 1.807) is 0 Å². The monoisotopic (exact) mass is 255 g/mol. The van der Waals surface area contributed by atoms with Gasteiger partial charge in [-0.15, -0.1) is 0 Å². The Hall–Kier alpha value is -1.47. The predicted molar refractivity (Wildman–Crippen MR) is 62.4 cm³/mol. The fourth-order valence-corrected chi connectivity index (χ4v) is 2.02. The molecule has 1 saturated heterocycles. The summed E-state index contributed by atoms with van der Waals surface area (Å²) < 4.78 is 21.3. The molecule has 1 aliphatic rings. The van der Waals surface area contributed by atoms with Gasteiger partial charge in [-0.1, -0.05) is 0 Å². The third-order valence-corrected chi connectivity index (χ3v) is 3.33. The van der Waals surface area contributed by atoms with Gasteiger partial charge in [-0.2, -0.15) is 0 Å². The molecule has 0 saturated carbocycles. The number of nitrogens with one attached hydrogen (secondary N) is 2. The van der Waals surface area contributed by atoms with Crippen LogP contribution in [0.2, 0.25) is 0 Å². The molecule has 1 aromatic heterocycles. The molecule has 1 aromatic rings. The summed E-state index contributed by atoms with van der Waals surface area (Å²) in [6, 6.07) is 2.90. The Bertz CT molecular complexity index is 470. The van der Waals surface area contributed by atoms with E-state index >= 15 is 0 Å². The van der Waals surface area contributed by atoms with E-state index in [1.807, 2.05) is 0 Å². The van der Waals surface area contributed by atoms with Gasteiger partial charge in [-0.3, -0.25) is 4.79 Å². The first-order valence-corrected chi connectivity index (χ1v) is 6.46. The topological polar surface area (TPSA) is 88.2 Å². The van der Waals surface area contributed by atoms with Gasteiger partial charge >= 0.3 is 0 Å². The minimum Gasteiger partial charge on any atom is -0.316 e. The minimum absolute atomic E-state index is 0.0346. The quantitative estimate of drug-likeness (QED) is 0.640. The Morgan fingerprint density at radius 1 is 1.47 bits per heavy atom. The van der Waals surface area contributed by atoms with Gasteiger partial charge in [0.2, 0.25) is 5.91 Å². The molecule has 1 aliphatic heterocycles. The zero-order valence-electron chi connectivity index (χ0n) is 9.05. The van der Waals surface area contributed by atoms with E-state index in [1.165, 1.54) is 18.3 Å². The van der Waals surface area contributed by atoms with Crippen molar-refractivity contribution in [3.05, 3.63) is 18.3 Å². The van der Waals surface area contributed by atoms with Gasteiger partial charge in [0.1, 0.15) is 5.82 Å². The molecule has 2 N–H and O–H groups in total. The first kappa shape index (κ1) is 12.0. The average molecular weight is 255 g/mol. The second-order valence-electron chi connectivity index (χ2n) is 3.84. The first-order valence-electron chi connectivity index (χ1n) is 5.29. The average Bonchev–Trinajstić information content (AvgIpc) is 2.83. The summed E-state index contributed by atoms with van der Waals surface area (Å²) in [6.07, 6.45) is 2.05. The predicted octanol–water partition coefficient (Wildman–Crippen LogP) is -0.400. The highest BCUT2D eigenvalue weighted by Gasteiger charge is 2.22. The third kappa shape index (κ3) is 3.01. The van der Waals surface area contributed by atoms with Crippen LogP contribution >= 0.6 is 0 Å². The number of rotatable bonds is 3. The van der Waals surface area contributed by atoms with E-state index in [9.17, 15) is 13.2 Å². The van der Waals surface area contributed by atoms with Crippen molar-refractivity contribution in [3.63, 3.8) is 0 Å². The van der Waals surface area contributed by atoms with Crippen molar-refractivity contribution >= 4 is 22.4 Å². The van der Waals surface area contributed by atoms with Crippen LogP contribution in [0.5, 0.6) is 0 Å². The zero-order valence-corrected chi connectivity index (χ0v) is 9.94. The van der Waals surface area contributed by atoms with Crippen molar-refractivity contribution in [1.29, 1.82) is 0 Å². The van der Waals surface area contributed by atoms with Gasteiger partial charge < -0.3 is 10.6 Å². The van der Waals surface area contributed by atoms with Crippen LogP contribution in [0.15, 0.2) is 23.2 Å². The Balaban J connectivity index is 2.01. The van der Waals surface area contributed by atoms with E-state index in [-0.39, 0.29) is 16.7 Å². The van der Waals surface area contributed by atoms with Crippen molar-refractivity contribution in [2.75, 3.05) is 18.4 Å². The lowest BCUT2D eigenvalue weighted by Crippen LogP contribution is -2.25. The van der Waals surface area contributed by atoms with Crippen LogP contribution in [0, 0.1) is 5.92 Å². The molecule has 0 aromatic carbocycles. The number of nitrogens with zero attached hydrogens (tertiary/aromatic N) is 1. The molecule has 7 heteroatoms. The Labute approximate surface area is 100 Å². The number of carbonyl (C=O) groups is 1. The molecule has 0 radical (unpaired) electrons. The standard InChI is InChI=1S/C10H13N3O3S/c14-10(7-3-4-11-5-7)13-9-2-1-8(6-12-9)17(15)16/h1-2,6-7,11,17H,3-5H2,(H,12,13,14)/t7-/m0/s1. The minimum atomic E-state index is -2.62. The third-order valence-electron chi connectivity index (χ3n) is 2.64. The molecule has 6 nitrogen and oxygen atoms in total. The highest BCUT2D eigenvalue weighted by atomic mass is 32.2. The number of thiol groups is 1. The first-order chi connectivity index (χ1) is 8.16. The SMILES string of the molecule is O=C(Nc1ccc([SH](=O)=O)cn1)[C@H]1CCNC1. The number of aromatic nitrogens is 1. The molecule has 1 atom stereocenters. The second-order valence-corrected chi connectivity index (χ2v) is 4.87. The normalized spacial score (nSPS) is 19.5. The summed E-state index contributed by atoms with van der Waals surface area (Å²) in [5.74, 6) is 0.261. The highest BCUT2D eigenvalue weighted by molar-refractivity contribution is 7.72. The zero-order chi connectivity index (χ0) is 12.3. The van der Waals surface area contributed by atoms with Crippen molar-refractivity contribution < 1.29 is 13.2 Å². The van der Waals surface area contributed by atoms with Gasteiger partial charge in [0.05, 0.1) is 10.8 Å². The number of hydrogen-bond donors (Lipinski definition) is 3. The number of carbonyl (C=O) groups excluding carboxylic acids is 1. The van der Waals surface area contributed by atoms with E-state index in [2.05, 4.69) is 15.6 Å². The fourth-order valence-electron chi connectivity index (χ4n) is 1.67. The van der Waals surface area contributed by atoms with Crippen LogP contribution in [-0.2, 0) is 15.5 Å². The fraction of sp³-hybridized carbons (Fsp3) is 0.400. The molecule has 0 bridgehead atoms. The van der Waals surface area contributed by atoms with Gasteiger partial charge in [0.25, 0.3) is 0 Å². The second kappa shape index (κ2) is 5.24. The maximum absolute atomic E-state index is 11.7. The summed E-state index contributed by atoms with van der Waals surface area (Å²) in [7, 11) is -2.62. The number of amides is 1. The van der Waals surface area contributed by atoms with Gasteiger partial charge in [-0.05, 0) is 25.1 Å². The van der Waals surface area contributed by atoms with Crippen molar-refractivity contribution in [2.45, 2.75) is 11.3 Å². The van der Waals surface area contributed by atoms with E-state index < -0.39 is 10.7 Å². The van der Waals surface area contributed by atoms with Crippen LogP contribution in [0.25, 0.3) is 0 Å². The van der Waals surface area contributed by atoms with Crippen molar-refractivity contribution in [3.8, 4) is 0 Å². The molecule has 2 rings (SSSR count). The van der Waals surface area contributed by atoms with Crippen LogP contribution in [0.1, 0.15) is 6.42 Å². The molecular weight excluding hydrogens is 242 g/mol. The number of pyridine rings is 1. The summed E-state index contributed by atoms with van der Waals surface area (Å²) in [6.45, 7) is 1.53. The van der Waals surface area contributed by atoms with Crippen molar-refractivity contribution in [1.82, 2.24) is 10.3 Å². The van der Waals surface area contributed by atoms with E-state index in [4.69, 9.17) is 0 Å². The van der Waals surface area contributed by atoms with Crippen molar-refractivity contribution in [2.24, 2.45) is 5.92 Å². The van der Waals surface area contributed by atoms with Gasteiger partial charge in [-0.25, -0.2) is 13.4 Å². The Kier molecular flexibility index (Phi) is 3.70. The lowest BCUT2D eigenvalue weighted by Gasteiger charge is -2.08. The molecule has 1 fully saturated rings. The Morgan fingerprint density at radius 3 is 2.82 bits per heavy atom. The molecule has 92 valence electrons. The van der Waals surface area contributed by atoms with Gasteiger partial charge in [0.15, 0.2) is 10.7 Å².